The summed E-state index contributed by atoms with van der Waals surface area (Å²) in [6.07, 6.45) is 5.62. The summed E-state index contributed by atoms with van der Waals surface area (Å²) in [5, 5.41) is 1.18. The van der Waals surface area contributed by atoms with E-state index in [0.29, 0.717) is 5.65 Å². The topological polar surface area (TPSA) is 54.5 Å². The van der Waals surface area contributed by atoms with E-state index in [1.807, 2.05) is 48.8 Å². The summed E-state index contributed by atoms with van der Waals surface area (Å²) < 4.78 is 0. The van der Waals surface area contributed by atoms with Crippen LogP contribution in [0, 0.1) is 0 Å². The molecule has 25 heavy (non-hydrogen) atoms. The van der Waals surface area contributed by atoms with Crippen LogP contribution in [0.4, 0.5) is 0 Å². The zero-order chi connectivity index (χ0) is 16.6. The molecule has 0 spiro atoms. The Balaban J connectivity index is 1.64. The van der Waals surface area contributed by atoms with Crippen molar-refractivity contribution in [2.75, 3.05) is 0 Å². The number of fused-ring (bicyclic) bond motifs is 2. The molecule has 0 amide bonds. The van der Waals surface area contributed by atoms with Gasteiger partial charge in [0.05, 0.1) is 17.4 Å². The third kappa shape index (κ3) is 2.35. The van der Waals surface area contributed by atoms with Gasteiger partial charge in [-0.15, -0.1) is 0 Å². The van der Waals surface area contributed by atoms with Crippen LogP contribution in [0.5, 0.6) is 0 Å². The minimum absolute atomic E-state index is 0.656. The monoisotopic (exact) mass is 322 g/mol. The maximum Gasteiger partial charge on any atom is 0.178 e. The number of hydrogen-bond donors (Lipinski definition) is 1. The number of aromatic nitrogens is 4. The van der Waals surface area contributed by atoms with Crippen molar-refractivity contribution in [3.8, 4) is 22.4 Å². The fourth-order valence-electron chi connectivity index (χ4n) is 3.12. The summed E-state index contributed by atoms with van der Waals surface area (Å²) in [6, 6.07) is 20.4. The van der Waals surface area contributed by atoms with Crippen molar-refractivity contribution in [2.45, 2.75) is 0 Å². The number of aromatic amines is 1. The highest BCUT2D eigenvalue weighted by molar-refractivity contribution is 5.95. The largest absolute Gasteiger partial charge is 0.361 e. The number of nitrogens with one attached hydrogen (secondary N) is 1. The van der Waals surface area contributed by atoms with Gasteiger partial charge in [-0.3, -0.25) is 4.98 Å². The van der Waals surface area contributed by atoms with Gasteiger partial charge in [0.2, 0.25) is 0 Å². The Morgan fingerprint density at radius 3 is 2.60 bits per heavy atom. The third-order valence-corrected chi connectivity index (χ3v) is 4.37. The molecule has 0 atom stereocenters. The van der Waals surface area contributed by atoms with Crippen LogP contribution in [0.2, 0.25) is 0 Å². The Morgan fingerprint density at radius 1 is 0.760 bits per heavy atom. The Labute approximate surface area is 144 Å². The lowest BCUT2D eigenvalue weighted by Gasteiger charge is -2.06. The fourth-order valence-corrected chi connectivity index (χ4v) is 3.12. The van der Waals surface area contributed by atoms with Gasteiger partial charge in [0.15, 0.2) is 5.65 Å². The second kappa shape index (κ2) is 5.53. The molecular formula is C21H14N4. The van der Waals surface area contributed by atoms with Crippen molar-refractivity contribution in [1.82, 2.24) is 19.9 Å². The number of H-pyrrole nitrogens is 1. The minimum Gasteiger partial charge on any atom is -0.361 e. The minimum atomic E-state index is 0.656. The summed E-state index contributed by atoms with van der Waals surface area (Å²) in [7, 11) is 0. The highest BCUT2D eigenvalue weighted by Gasteiger charge is 2.08. The summed E-state index contributed by atoms with van der Waals surface area (Å²) in [5.41, 5.74) is 6.58. The third-order valence-electron chi connectivity index (χ3n) is 4.37. The first-order valence-corrected chi connectivity index (χ1v) is 8.13. The van der Waals surface area contributed by atoms with E-state index in [0.717, 1.165) is 33.4 Å². The van der Waals surface area contributed by atoms with Gasteiger partial charge in [0.1, 0.15) is 5.52 Å². The van der Waals surface area contributed by atoms with E-state index in [1.165, 1.54) is 5.39 Å². The van der Waals surface area contributed by atoms with Crippen LogP contribution < -0.4 is 0 Å². The van der Waals surface area contributed by atoms with Gasteiger partial charge in [0.25, 0.3) is 0 Å². The lowest BCUT2D eigenvalue weighted by atomic mass is 10.0. The molecule has 4 heteroatoms. The molecule has 0 bridgehead atoms. The van der Waals surface area contributed by atoms with Crippen molar-refractivity contribution in [3.05, 3.63) is 79.3 Å². The molecule has 0 unspecified atom stereocenters. The molecule has 3 heterocycles. The van der Waals surface area contributed by atoms with Gasteiger partial charge >= 0.3 is 0 Å². The van der Waals surface area contributed by atoms with E-state index in [1.54, 1.807) is 6.20 Å². The van der Waals surface area contributed by atoms with Gasteiger partial charge in [-0.1, -0.05) is 48.5 Å². The summed E-state index contributed by atoms with van der Waals surface area (Å²) in [6.45, 7) is 0. The smallest absolute Gasteiger partial charge is 0.178 e. The molecule has 0 aliphatic rings. The van der Waals surface area contributed by atoms with Crippen molar-refractivity contribution < 1.29 is 0 Å². The van der Waals surface area contributed by atoms with Crippen LogP contribution in [-0.4, -0.2) is 19.9 Å². The summed E-state index contributed by atoms with van der Waals surface area (Å²) in [4.78, 5) is 17.1. The molecule has 0 saturated carbocycles. The number of pyridine rings is 1. The first-order valence-electron chi connectivity index (χ1n) is 8.13. The Hall–Kier alpha value is -3.53. The average molecular weight is 322 g/mol. The maximum atomic E-state index is 4.65. The van der Waals surface area contributed by atoms with E-state index in [2.05, 4.69) is 44.2 Å². The van der Waals surface area contributed by atoms with E-state index in [-0.39, 0.29) is 0 Å². The van der Waals surface area contributed by atoms with Gasteiger partial charge in [0, 0.05) is 29.1 Å². The van der Waals surface area contributed by atoms with Gasteiger partial charge < -0.3 is 4.98 Å². The quantitative estimate of drug-likeness (QED) is 0.506. The van der Waals surface area contributed by atoms with Crippen molar-refractivity contribution in [1.29, 1.82) is 0 Å². The lowest BCUT2D eigenvalue weighted by molar-refractivity contribution is 1.23. The highest BCUT2D eigenvalue weighted by atomic mass is 14.9. The number of para-hydroxylation sites is 1. The first-order chi connectivity index (χ1) is 12.4. The molecule has 5 aromatic rings. The predicted molar refractivity (Wildman–Crippen MR) is 100 cm³/mol. The number of nitrogens with zero attached hydrogens (tertiary/aromatic N) is 3. The molecule has 5 rings (SSSR count). The molecule has 0 aliphatic heterocycles. The SMILES string of the molecule is c1ccc(-c2cnc3cc(-c4cccc5cc[nH]c45)cnc3n2)cc1. The van der Waals surface area contributed by atoms with Crippen LogP contribution in [0.3, 0.4) is 0 Å². The molecule has 1 N–H and O–H groups in total. The van der Waals surface area contributed by atoms with Crippen LogP contribution in [0.1, 0.15) is 0 Å². The number of hydrogen-bond acceptors (Lipinski definition) is 3. The van der Waals surface area contributed by atoms with Crippen molar-refractivity contribution in [2.24, 2.45) is 0 Å². The standard InChI is InChI=1S/C21H14N4/c1-2-5-14(6-3-1)19-13-23-18-11-16(12-24-21(18)25-19)17-8-4-7-15-9-10-22-20(15)17/h1-13,22H. The second-order valence-electron chi connectivity index (χ2n) is 5.94. The zero-order valence-corrected chi connectivity index (χ0v) is 13.3. The summed E-state index contributed by atoms with van der Waals surface area (Å²) in [5.74, 6) is 0. The molecule has 0 radical (unpaired) electrons. The van der Waals surface area contributed by atoms with E-state index >= 15 is 0 Å². The van der Waals surface area contributed by atoms with Gasteiger partial charge in [-0.25, -0.2) is 9.97 Å². The fraction of sp³-hybridized carbons (Fsp3) is 0. The first kappa shape index (κ1) is 13.9. The number of benzene rings is 2. The Kier molecular flexibility index (Phi) is 3.07. The molecule has 3 aromatic heterocycles. The Morgan fingerprint density at radius 2 is 1.68 bits per heavy atom. The maximum absolute atomic E-state index is 4.65. The van der Waals surface area contributed by atoms with Crippen LogP contribution in [0.25, 0.3) is 44.5 Å². The zero-order valence-electron chi connectivity index (χ0n) is 13.3. The Bertz CT molecular complexity index is 1190. The lowest BCUT2D eigenvalue weighted by Crippen LogP contribution is -1.92. The van der Waals surface area contributed by atoms with E-state index in [9.17, 15) is 0 Å². The molecule has 4 nitrogen and oxygen atoms in total. The second-order valence-corrected chi connectivity index (χ2v) is 5.94. The van der Waals surface area contributed by atoms with Crippen LogP contribution >= 0.6 is 0 Å². The van der Waals surface area contributed by atoms with Crippen molar-refractivity contribution >= 4 is 22.1 Å². The average Bonchev–Trinajstić information content (AvgIpc) is 3.17. The summed E-state index contributed by atoms with van der Waals surface area (Å²) >= 11 is 0. The van der Waals surface area contributed by atoms with Crippen LogP contribution in [0.15, 0.2) is 79.3 Å². The number of rotatable bonds is 2. The molecule has 0 saturated heterocycles. The molecule has 0 fully saturated rings. The normalized spacial score (nSPS) is 11.2. The highest BCUT2D eigenvalue weighted by Crippen LogP contribution is 2.28. The molecule has 2 aromatic carbocycles. The van der Waals surface area contributed by atoms with E-state index < -0.39 is 0 Å². The van der Waals surface area contributed by atoms with Crippen LogP contribution in [-0.2, 0) is 0 Å². The van der Waals surface area contributed by atoms with Gasteiger partial charge in [-0.05, 0) is 17.5 Å². The van der Waals surface area contributed by atoms with Crippen molar-refractivity contribution in [3.63, 3.8) is 0 Å². The molecular weight excluding hydrogens is 308 g/mol. The molecule has 118 valence electrons. The molecule has 0 aliphatic carbocycles. The van der Waals surface area contributed by atoms with Gasteiger partial charge in [-0.2, -0.15) is 0 Å². The predicted octanol–water partition coefficient (Wildman–Crippen LogP) is 4.84. The van der Waals surface area contributed by atoms with E-state index in [4.69, 9.17) is 0 Å².